The Morgan fingerprint density at radius 1 is 1.26 bits per heavy atom. The van der Waals surface area contributed by atoms with Crippen LogP contribution in [-0.4, -0.2) is 40.5 Å². The highest BCUT2D eigenvalue weighted by molar-refractivity contribution is 14.1. The zero-order valence-corrected chi connectivity index (χ0v) is 17.4. The van der Waals surface area contributed by atoms with Crippen LogP contribution in [0.25, 0.3) is 11.2 Å². The predicted molar refractivity (Wildman–Crippen MR) is 107 cm³/mol. The van der Waals surface area contributed by atoms with Crippen molar-refractivity contribution in [2.45, 2.75) is 16.6 Å². The lowest BCUT2D eigenvalue weighted by molar-refractivity contribution is 0.174. The molecule has 0 bridgehead atoms. The monoisotopic (exact) mass is 520 g/mol. The van der Waals surface area contributed by atoms with Gasteiger partial charge in [-0.25, -0.2) is 28.5 Å². The van der Waals surface area contributed by atoms with Crippen molar-refractivity contribution in [3.63, 3.8) is 0 Å². The van der Waals surface area contributed by atoms with Gasteiger partial charge in [0.25, 0.3) is 0 Å². The van der Waals surface area contributed by atoms with Gasteiger partial charge >= 0.3 is 0 Å². The highest BCUT2D eigenvalue weighted by Crippen LogP contribution is 2.41. The number of imidazole rings is 1. The second-order valence-electron chi connectivity index (χ2n) is 5.58. The standard InChI is InChI=1S/C14H13IN6O4S2/c15-7-3-8-9(25-6-24-8)4-10(7)26-14-20-11-12(16)18-5-19-13(11)21(14)1-2-27(17,22)23/h3-5H,1-2,6H2,(H2,16,18,19)(H2,17,22,23). The van der Waals surface area contributed by atoms with E-state index in [1.54, 1.807) is 4.57 Å². The average Bonchev–Trinajstić information content (AvgIpc) is 3.17. The van der Waals surface area contributed by atoms with Crippen LogP contribution < -0.4 is 20.3 Å². The normalized spacial score (nSPS) is 13.4. The number of hydrogen-bond acceptors (Lipinski definition) is 9. The molecule has 4 rings (SSSR count). The van der Waals surface area contributed by atoms with Gasteiger partial charge in [-0.05, 0) is 34.7 Å². The minimum Gasteiger partial charge on any atom is -0.454 e. The van der Waals surface area contributed by atoms with Crippen molar-refractivity contribution in [2.75, 3.05) is 18.3 Å². The first-order chi connectivity index (χ1) is 12.8. The molecule has 0 atom stereocenters. The third-order valence-corrected chi connectivity index (χ3v) is 6.82. The van der Waals surface area contributed by atoms with Gasteiger partial charge in [0.05, 0.1) is 5.75 Å². The molecular weight excluding hydrogens is 507 g/mol. The molecule has 1 aromatic carbocycles. The maximum atomic E-state index is 11.4. The fourth-order valence-electron chi connectivity index (χ4n) is 2.51. The van der Waals surface area contributed by atoms with Gasteiger partial charge in [-0.1, -0.05) is 11.8 Å². The van der Waals surface area contributed by atoms with E-state index in [9.17, 15) is 8.42 Å². The number of nitrogens with two attached hydrogens (primary N) is 2. The number of ether oxygens (including phenoxy) is 2. The Bertz CT molecular complexity index is 1150. The summed E-state index contributed by atoms with van der Waals surface area (Å²) in [6.07, 6.45) is 1.31. The SMILES string of the molecule is Nc1ncnc2c1nc(Sc1cc3c(cc1I)OCO3)n2CCS(N)(=O)=O. The molecule has 2 aromatic heterocycles. The first-order valence-electron chi connectivity index (χ1n) is 7.56. The largest absolute Gasteiger partial charge is 0.454 e. The molecule has 0 amide bonds. The molecule has 0 spiro atoms. The van der Waals surface area contributed by atoms with Crippen LogP contribution in [-0.2, 0) is 16.6 Å². The third-order valence-electron chi connectivity index (χ3n) is 3.75. The van der Waals surface area contributed by atoms with Crippen LogP contribution >= 0.6 is 34.4 Å². The number of primary sulfonamides is 1. The van der Waals surface area contributed by atoms with Crippen LogP contribution in [0.1, 0.15) is 0 Å². The first-order valence-corrected chi connectivity index (χ1v) is 11.2. The van der Waals surface area contributed by atoms with Crippen molar-refractivity contribution in [3.8, 4) is 11.5 Å². The van der Waals surface area contributed by atoms with Gasteiger partial charge in [-0.3, -0.25) is 0 Å². The lowest BCUT2D eigenvalue weighted by Crippen LogP contribution is -2.20. The minimum atomic E-state index is -3.66. The number of sulfonamides is 1. The summed E-state index contributed by atoms with van der Waals surface area (Å²) in [6.45, 7) is 0.272. The van der Waals surface area contributed by atoms with Gasteiger partial charge in [0.2, 0.25) is 16.8 Å². The molecule has 4 N–H and O–H groups in total. The lowest BCUT2D eigenvalue weighted by Gasteiger charge is -2.09. The van der Waals surface area contributed by atoms with Crippen molar-refractivity contribution in [1.82, 2.24) is 19.5 Å². The fourth-order valence-corrected chi connectivity index (χ4v) is 4.66. The molecule has 0 aliphatic carbocycles. The van der Waals surface area contributed by atoms with Crippen LogP contribution in [0.2, 0.25) is 0 Å². The number of nitrogens with zero attached hydrogens (tertiary/aromatic N) is 4. The topological polar surface area (TPSA) is 148 Å². The summed E-state index contributed by atoms with van der Waals surface area (Å²) >= 11 is 3.53. The minimum absolute atomic E-state index is 0.0925. The zero-order valence-electron chi connectivity index (χ0n) is 13.6. The smallest absolute Gasteiger partial charge is 0.231 e. The molecule has 1 aliphatic heterocycles. The van der Waals surface area contributed by atoms with Gasteiger partial charge in [-0.2, -0.15) is 0 Å². The van der Waals surface area contributed by atoms with Gasteiger partial charge < -0.3 is 19.8 Å². The van der Waals surface area contributed by atoms with E-state index in [1.165, 1.54) is 18.1 Å². The number of aromatic nitrogens is 4. The van der Waals surface area contributed by atoms with E-state index >= 15 is 0 Å². The summed E-state index contributed by atoms with van der Waals surface area (Å²) in [7, 11) is -3.66. The molecule has 27 heavy (non-hydrogen) atoms. The van der Waals surface area contributed by atoms with Crippen molar-refractivity contribution in [3.05, 3.63) is 22.0 Å². The number of anilines is 1. The molecule has 142 valence electrons. The molecule has 0 fully saturated rings. The lowest BCUT2D eigenvalue weighted by atomic mass is 10.3. The van der Waals surface area contributed by atoms with Crippen LogP contribution in [0.3, 0.4) is 0 Å². The third kappa shape index (κ3) is 3.76. The van der Waals surface area contributed by atoms with Gasteiger partial charge in [0.15, 0.2) is 33.6 Å². The van der Waals surface area contributed by atoms with E-state index in [0.29, 0.717) is 27.8 Å². The maximum Gasteiger partial charge on any atom is 0.231 e. The summed E-state index contributed by atoms with van der Waals surface area (Å²) in [4.78, 5) is 13.5. The molecule has 1 aliphatic rings. The predicted octanol–water partition coefficient (Wildman–Crippen LogP) is 1.18. The van der Waals surface area contributed by atoms with Crippen LogP contribution in [0.4, 0.5) is 5.82 Å². The van der Waals surface area contributed by atoms with Crippen molar-refractivity contribution in [2.24, 2.45) is 5.14 Å². The molecule has 10 nitrogen and oxygen atoms in total. The zero-order chi connectivity index (χ0) is 19.2. The Morgan fingerprint density at radius 2 is 2.00 bits per heavy atom. The quantitative estimate of drug-likeness (QED) is 0.473. The van der Waals surface area contributed by atoms with E-state index < -0.39 is 10.0 Å². The average molecular weight is 520 g/mol. The number of hydrogen-bond donors (Lipinski definition) is 2. The fraction of sp³-hybridized carbons (Fsp3) is 0.214. The van der Waals surface area contributed by atoms with E-state index in [1.807, 2.05) is 12.1 Å². The van der Waals surface area contributed by atoms with E-state index in [2.05, 4.69) is 37.5 Å². The summed E-state index contributed by atoms with van der Waals surface area (Å²) in [5.74, 6) is 1.29. The van der Waals surface area contributed by atoms with Gasteiger partial charge in [0.1, 0.15) is 6.33 Å². The van der Waals surface area contributed by atoms with Crippen LogP contribution in [0.15, 0.2) is 28.5 Å². The molecule has 0 saturated heterocycles. The molecule has 0 saturated carbocycles. The van der Waals surface area contributed by atoms with Crippen LogP contribution in [0.5, 0.6) is 11.5 Å². The van der Waals surface area contributed by atoms with Gasteiger partial charge in [0, 0.05) is 15.0 Å². The summed E-state index contributed by atoms with van der Waals surface area (Å²) in [5.41, 5.74) is 6.76. The molecule has 0 radical (unpaired) electrons. The number of nitrogen functional groups attached to an aromatic ring is 1. The summed E-state index contributed by atoms with van der Waals surface area (Å²) in [6, 6.07) is 3.73. The second kappa shape index (κ2) is 6.96. The Hall–Kier alpha value is -1.84. The number of rotatable bonds is 5. The van der Waals surface area contributed by atoms with E-state index in [0.717, 1.165) is 8.47 Å². The Balaban J connectivity index is 1.78. The highest BCUT2D eigenvalue weighted by Gasteiger charge is 2.21. The Labute approximate surface area is 171 Å². The number of fused-ring (bicyclic) bond motifs is 2. The Morgan fingerprint density at radius 3 is 2.74 bits per heavy atom. The number of halogens is 1. The number of benzene rings is 1. The summed E-state index contributed by atoms with van der Waals surface area (Å²) in [5, 5.41) is 5.68. The van der Waals surface area contributed by atoms with Crippen molar-refractivity contribution in [1.29, 1.82) is 0 Å². The molecular formula is C14H13IN6O4S2. The van der Waals surface area contributed by atoms with E-state index in [4.69, 9.17) is 20.3 Å². The van der Waals surface area contributed by atoms with Crippen LogP contribution in [0, 0.1) is 3.57 Å². The first kappa shape index (κ1) is 18.5. The van der Waals surface area contributed by atoms with Crippen molar-refractivity contribution < 1.29 is 17.9 Å². The van der Waals surface area contributed by atoms with Crippen molar-refractivity contribution >= 4 is 61.4 Å². The molecule has 3 heterocycles. The Kier molecular flexibility index (Phi) is 4.77. The summed E-state index contributed by atoms with van der Waals surface area (Å²) < 4.78 is 36.3. The van der Waals surface area contributed by atoms with Gasteiger partial charge in [-0.15, -0.1) is 0 Å². The molecule has 3 aromatic rings. The molecule has 0 unspecified atom stereocenters. The molecule has 13 heteroatoms. The maximum absolute atomic E-state index is 11.4. The number of aryl methyl sites for hydroxylation is 1. The highest BCUT2D eigenvalue weighted by atomic mass is 127. The second-order valence-corrected chi connectivity index (χ2v) is 9.49. The van der Waals surface area contributed by atoms with E-state index in [-0.39, 0.29) is 24.9 Å².